The summed E-state index contributed by atoms with van der Waals surface area (Å²) < 4.78 is 0. The summed E-state index contributed by atoms with van der Waals surface area (Å²) in [4.78, 5) is 5.14. The summed E-state index contributed by atoms with van der Waals surface area (Å²) in [6, 6.07) is 0. The van der Waals surface area contributed by atoms with Gasteiger partial charge in [-0.15, -0.1) is 0 Å². The number of aliphatic hydroxyl groups is 1. The van der Waals surface area contributed by atoms with Crippen LogP contribution >= 0.6 is 0 Å². The Hall–Kier alpha value is -0.830. The molecule has 3 fully saturated rings. The van der Waals surface area contributed by atoms with Crippen molar-refractivity contribution in [2.45, 2.75) is 71.3 Å². The number of allylic oxidation sites excluding steroid dienone is 1. The third-order valence-electron chi connectivity index (χ3n) is 8.02. The molecule has 0 radical (unpaired) electrons. The van der Waals surface area contributed by atoms with Crippen LogP contribution in [0.1, 0.15) is 65.2 Å². The molecule has 1 N–H and O–H groups in total. The number of hydrogen-bond acceptors (Lipinski definition) is 3. The van der Waals surface area contributed by atoms with E-state index in [2.05, 4.69) is 25.1 Å². The first-order valence-electron chi connectivity index (χ1n) is 9.47. The zero-order valence-electron chi connectivity index (χ0n) is 14.8. The monoisotopic (exact) mass is 317 g/mol. The van der Waals surface area contributed by atoms with Gasteiger partial charge >= 0.3 is 0 Å². The SMILES string of the molecule is CO/N=C1\CCC2C3CC=C4C[C@@H](O)CC[C@]4(C)C3CC[C@]12C. The maximum absolute atomic E-state index is 10.1. The summed E-state index contributed by atoms with van der Waals surface area (Å²) in [5.74, 6) is 2.36. The third kappa shape index (κ3) is 2.15. The average molecular weight is 317 g/mol. The van der Waals surface area contributed by atoms with Crippen LogP contribution in [-0.4, -0.2) is 24.0 Å². The zero-order valence-corrected chi connectivity index (χ0v) is 14.8. The van der Waals surface area contributed by atoms with Crippen molar-refractivity contribution >= 4 is 5.71 Å². The Morgan fingerprint density at radius 3 is 2.65 bits per heavy atom. The van der Waals surface area contributed by atoms with E-state index >= 15 is 0 Å². The molecular weight excluding hydrogens is 286 g/mol. The summed E-state index contributed by atoms with van der Waals surface area (Å²) >= 11 is 0. The molecule has 0 aromatic heterocycles. The maximum Gasteiger partial charge on any atom is 0.106 e. The van der Waals surface area contributed by atoms with Gasteiger partial charge in [0.05, 0.1) is 11.8 Å². The molecule has 128 valence electrons. The van der Waals surface area contributed by atoms with Gasteiger partial charge in [0.15, 0.2) is 0 Å². The number of oxime groups is 1. The van der Waals surface area contributed by atoms with Crippen molar-refractivity contribution in [1.29, 1.82) is 0 Å². The molecule has 3 unspecified atom stereocenters. The van der Waals surface area contributed by atoms with E-state index in [1.807, 2.05) is 0 Å². The molecule has 3 heteroatoms. The van der Waals surface area contributed by atoms with Crippen molar-refractivity contribution in [3.05, 3.63) is 11.6 Å². The van der Waals surface area contributed by atoms with E-state index in [9.17, 15) is 5.11 Å². The third-order valence-corrected chi connectivity index (χ3v) is 8.02. The lowest BCUT2D eigenvalue weighted by molar-refractivity contribution is -0.0215. The molecule has 6 atom stereocenters. The molecule has 0 aliphatic heterocycles. The molecule has 0 spiro atoms. The van der Waals surface area contributed by atoms with E-state index in [1.54, 1.807) is 12.7 Å². The Morgan fingerprint density at radius 2 is 1.87 bits per heavy atom. The van der Waals surface area contributed by atoms with Crippen molar-refractivity contribution in [1.82, 2.24) is 0 Å². The Balaban J connectivity index is 1.66. The van der Waals surface area contributed by atoms with Gasteiger partial charge in [0.2, 0.25) is 0 Å². The van der Waals surface area contributed by atoms with Gasteiger partial charge in [-0.25, -0.2) is 0 Å². The summed E-state index contributed by atoms with van der Waals surface area (Å²) in [6.07, 6.45) is 11.6. The highest BCUT2D eigenvalue weighted by molar-refractivity contribution is 5.92. The second kappa shape index (κ2) is 5.34. The molecule has 0 heterocycles. The standard InChI is InChI=1S/C20H31NO2/c1-19-10-8-14(22)12-13(19)4-5-15-16-6-7-18(21-23-3)20(16,2)11-9-17(15)19/h4,14-17,22H,5-12H2,1-3H3/b21-18+/t14-,15?,16?,17?,19-,20-/m0/s1. The first-order valence-corrected chi connectivity index (χ1v) is 9.47. The minimum absolute atomic E-state index is 0.105. The molecule has 3 saturated carbocycles. The van der Waals surface area contributed by atoms with Gasteiger partial charge in [0.25, 0.3) is 0 Å². The van der Waals surface area contributed by atoms with Gasteiger partial charge in [0, 0.05) is 5.41 Å². The molecule has 0 aromatic rings. The van der Waals surface area contributed by atoms with E-state index in [4.69, 9.17) is 4.84 Å². The minimum Gasteiger partial charge on any atom is -0.399 e. The molecule has 0 saturated heterocycles. The largest absolute Gasteiger partial charge is 0.399 e. The molecule has 23 heavy (non-hydrogen) atoms. The van der Waals surface area contributed by atoms with E-state index in [1.165, 1.54) is 37.8 Å². The number of rotatable bonds is 1. The first kappa shape index (κ1) is 15.7. The normalized spacial score (nSPS) is 50.8. The fourth-order valence-corrected chi connectivity index (χ4v) is 6.69. The van der Waals surface area contributed by atoms with Crippen LogP contribution in [0.3, 0.4) is 0 Å². The van der Waals surface area contributed by atoms with Crippen LogP contribution in [0.5, 0.6) is 0 Å². The van der Waals surface area contributed by atoms with Crippen molar-refractivity contribution in [2.24, 2.45) is 33.7 Å². The highest BCUT2D eigenvalue weighted by Crippen LogP contribution is 2.64. The number of fused-ring (bicyclic) bond motifs is 5. The highest BCUT2D eigenvalue weighted by Gasteiger charge is 2.57. The van der Waals surface area contributed by atoms with E-state index in [0.717, 1.165) is 37.0 Å². The lowest BCUT2D eigenvalue weighted by atomic mass is 9.48. The number of aliphatic hydroxyl groups excluding tert-OH is 1. The lowest BCUT2D eigenvalue weighted by Crippen LogP contribution is -2.50. The predicted octanol–water partition coefficient (Wildman–Crippen LogP) is 4.31. The Kier molecular flexibility index (Phi) is 3.64. The van der Waals surface area contributed by atoms with Gasteiger partial charge in [-0.2, -0.15) is 0 Å². The second-order valence-electron chi connectivity index (χ2n) is 8.87. The van der Waals surface area contributed by atoms with Gasteiger partial charge < -0.3 is 9.94 Å². The number of hydrogen-bond donors (Lipinski definition) is 1. The quantitative estimate of drug-likeness (QED) is 0.578. The Labute approximate surface area is 140 Å². The van der Waals surface area contributed by atoms with Gasteiger partial charge in [-0.05, 0) is 74.5 Å². The van der Waals surface area contributed by atoms with Crippen LogP contribution in [0, 0.1) is 28.6 Å². The maximum atomic E-state index is 10.1. The van der Waals surface area contributed by atoms with E-state index in [0.29, 0.717) is 5.41 Å². The van der Waals surface area contributed by atoms with Gasteiger partial charge in [-0.1, -0.05) is 30.7 Å². The zero-order chi connectivity index (χ0) is 16.2. The molecule has 4 aliphatic carbocycles. The smallest absolute Gasteiger partial charge is 0.106 e. The molecule has 0 aromatic carbocycles. The summed E-state index contributed by atoms with van der Waals surface area (Å²) in [6.45, 7) is 4.92. The van der Waals surface area contributed by atoms with Crippen LogP contribution in [0.25, 0.3) is 0 Å². The molecular formula is C20H31NO2. The fourth-order valence-electron chi connectivity index (χ4n) is 6.69. The van der Waals surface area contributed by atoms with Crippen molar-refractivity contribution in [3.63, 3.8) is 0 Å². The predicted molar refractivity (Wildman–Crippen MR) is 92.2 cm³/mol. The van der Waals surface area contributed by atoms with Crippen LogP contribution in [0.15, 0.2) is 16.8 Å². The van der Waals surface area contributed by atoms with E-state index in [-0.39, 0.29) is 11.5 Å². The summed E-state index contributed by atoms with van der Waals surface area (Å²) in [7, 11) is 1.68. The Morgan fingerprint density at radius 1 is 1.13 bits per heavy atom. The fraction of sp³-hybridized carbons (Fsp3) is 0.850. The van der Waals surface area contributed by atoms with Crippen LogP contribution in [0.4, 0.5) is 0 Å². The number of nitrogens with zero attached hydrogens (tertiary/aromatic N) is 1. The minimum atomic E-state index is -0.105. The highest BCUT2D eigenvalue weighted by atomic mass is 16.6. The molecule has 3 nitrogen and oxygen atoms in total. The molecule has 4 aliphatic rings. The molecule has 0 bridgehead atoms. The molecule has 4 rings (SSSR count). The van der Waals surface area contributed by atoms with Crippen LogP contribution in [0.2, 0.25) is 0 Å². The second-order valence-corrected chi connectivity index (χ2v) is 8.87. The van der Waals surface area contributed by atoms with Crippen LogP contribution in [-0.2, 0) is 4.84 Å². The van der Waals surface area contributed by atoms with E-state index < -0.39 is 0 Å². The topological polar surface area (TPSA) is 41.8 Å². The molecule has 0 amide bonds. The van der Waals surface area contributed by atoms with Gasteiger partial charge in [-0.3, -0.25) is 0 Å². The average Bonchev–Trinajstić information content (AvgIpc) is 2.85. The van der Waals surface area contributed by atoms with Gasteiger partial charge in [0.1, 0.15) is 7.11 Å². The first-order chi connectivity index (χ1) is 11.0. The van der Waals surface area contributed by atoms with Crippen molar-refractivity contribution in [2.75, 3.05) is 7.11 Å². The van der Waals surface area contributed by atoms with Crippen molar-refractivity contribution < 1.29 is 9.94 Å². The lowest BCUT2D eigenvalue weighted by Gasteiger charge is -2.57. The Bertz CT molecular complexity index is 554. The summed E-state index contributed by atoms with van der Waals surface area (Å²) in [5, 5.41) is 14.5. The van der Waals surface area contributed by atoms with Crippen LogP contribution < -0.4 is 0 Å². The van der Waals surface area contributed by atoms with Crippen molar-refractivity contribution in [3.8, 4) is 0 Å². The summed E-state index contributed by atoms with van der Waals surface area (Å²) in [5.41, 5.74) is 3.46.